The van der Waals surface area contributed by atoms with E-state index < -0.39 is 6.80 Å². The van der Waals surface area contributed by atoms with Gasteiger partial charge in [-0.1, -0.05) is 0 Å². The molecule has 0 saturated heterocycles. The Morgan fingerprint density at radius 2 is 1.60 bits per heavy atom. The molecule has 0 radical (unpaired) electrons. The normalized spacial score (nSPS) is 11.8. The number of halogens is 1. The molecule has 0 saturated carbocycles. The fraction of sp³-hybridized carbons (Fsp3) is 0. The first kappa shape index (κ1) is 5.44. The van der Waals surface area contributed by atoms with Gasteiger partial charge in [0.2, 0.25) is 0 Å². The second-order valence-corrected chi connectivity index (χ2v) is 3.46. The summed E-state index contributed by atoms with van der Waals surface area (Å²) in [5.74, 6) is 0. The topological polar surface area (TPSA) is 69.1 Å². The zero-order valence-electron chi connectivity index (χ0n) is 2.39. The Balaban J connectivity index is 3.47. The summed E-state index contributed by atoms with van der Waals surface area (Å²) in [5.41, 5.74) is 8.91. The Bertz CT molecular complexity index is 55.8. The predicted octanol–water partition coefficient (Wildman–Crippen LogP) is 0.251. The first-order chi connectivity index (χ1) is 2.00. The highest BCUT2D eigenvalue weighted by molar-refractivity contribution is 7.85. The van der Waals surface area contributed by atoms with E-state index in [0.29, 0.717) is 0 Å². The van der Waals surface area contributed by atoms with Crippen LogP contribution in [-0.2, 0) is 4.57 Å². The minimum Gasteiger partial charge on any atom is -0.272 e. The molecule has 0 aliphatic heterocycles. The van der Waals surface area contributed by atoms with E-state index in [-0.39, 0.29) is 0 Å². The molecule has 32 valence electrons. The van der Waals surface area contributed by atoms with Crippen molar-refractivity contribution < 1.29 is 4.57 Å². The fourth-order valence-corrected chi connectivity index (χ4v) is 0. The number of rotatable bonds is 0. The van der Waals surface area contributed by atoms with Crippen molar-refractivity contribution in [2.24, 2.45) is 11.0 Å². The summed E-state index contributed by atoms with van der Waals surface area (Å²) >= 11 is 4.64. The molecule has 0 spiro atoms. The maximum Gasteiger partial charge on any atom is 0.294 e. The standard InChI is InChI=1S/ClH4N2OP/c1-5(2,3)4/h(H4,2,3,4). The molecule has 5 heteroatoms. The van der Waals surface area contributed by atoms with Gasteiger partial charge in [-0.3, -0.25) is 15.6 Å². The van der Waals surface area contributed by atoms with Crippen LogP contribution in [0.1, 0.15) is 0 Å². The fourth-order valence-electron chi connectivity index (χ4n) is 0. The Morgan fingerprint density at radius 1 is 1.60 bits per heavy atom. The van der Waals surface area contributed by atoms with Crippen molar-refractivity contribution in [3.63, 3.8) is 0 Å². The van der Waals surface area contributed by atoms with Crippen molar-refractivity contribution in [3.05, 3.63) is 0 Å². The van der Waals surface area contributed by atoms with Crippen LogP contribution in [0.5, 0.6) is 0 Å². The van der Waals surface area contributed by atoms with Crippen molar-refractivity contribution in [2.75, 3.05) is 0 Å². The molecule has 0 bridgehead atoms. The third-order valence-electron chi connectivity index (χ3n) is 0. The molecule has 0 heterocycles. The monoisotopic (exact) mass is 114 g/mol. The lowest BCUT2D eigenvalue weighted by Gasteiger charge is -1.84. The molecule has 0 aromatic rings. The summed E-state index contributed by atoms with van der Waals surface area (Å²) in [7, 11) is 0. The van der Waals surface area contributed by atoms with Gasteiger partial charge in [-0.2, -0.15) is 0 Å². The van der Waals surface area contributed by atoms with Crippen LogP contribution in [0.3, 0.4) is 0 Å². The molecule has 4 N–H and O–H groups in total. The quantitative estimate of drug-likeness (QED) is 0.444. The summed E-state index contributed by atoms with van der Waals surface area (Å²) in [5, 5.41) is 0. The zero-order chi connectivity index (χ0) is 4.50. The van der Waals surface area contributed by atoms with Gasteiger partial charge < -0.3 is 0 Å². The lowest BCUT2D eigenvalue weighted by Crippen LogP contribution is -1.95. The molecule has 0 amide bonds. The van der Waals surface area contributed by atoms with Crippen molar-refractivity contribution in [1.82, 2.24) is 0 Å². The van der Waals surface area contributed by atoms with Crippen molar-refractivity contribution in [1.29, 1.82) is 0 Å². The highest BCUT2D eigenvalue weighted by atomic mass is 35.7. The van der Waals surface area contributed by atoms with Crippen molar-refractivity contribution in [3.8, 4) is 0 Å². The van der Waals surface area contributed by atoms with E-state index >= 15 is 0 Å². The summed E-state index contributed by atoms with van der Waals surface area (Å²) in [6.45, 7) is -3.17. The van der Waals surface area contributed by atoms with Crippen LogP contribution in [0.2, 0.25) is 0 Å². The van der Waals surface area contributed by atoms with Crippen LogP contribution in [0.25, 0.3) is 0 Å². The minimum absolute atomic E-state index is 3.17. The van der Waals surface area contributed by atoms with E-state index in [0.717, 1.165) is 0 Å². The maximum absolute atomic E-state index is 9.54. The second kappa shape index (κ2) is 1.27. The average molecular weight is 114 g/mol. The van der Waals surface area contributed by atoms with Crippen LogP contribution in [0, 0.1) is 0 Å². The first-order valence-corrected chi connectivity index (χ1v) is 3.62. The molecular weight excluding hydrogens is 110 g/mol. The summed E-state index contributed by atoms with van der Waals surface area (Å²) in [4.78, 5) is 0. The lowest BCUT2D eigenvalue weighted by atomic mass is 13.9. The second-order valence-electron chi connectivity index (χ2n) is 0.624. The molecule has 0 unspecified atom stereocenters. The van der Waals surface area contributed by atoms with Gasteiger partial charge >= 0.3 is 0 Å². The molecule has 3 nitrogen and oxygen atoms in total. The minimum atomic E-state index is -3.17. The van der Waals surface area contributed by atoms with Crippen LogP contribution < -0.4 is 11.0 Å². The van der Waals surface area contributed by atoms with Gasteiger partial charge in [0, 0.05) is 0 Å². The summed E-state index contributed by atoms with van der Waals surface area (Å²) in [6.07, 6.45) is 0. The molecule has 0 aromatic carbocycles. The molecule has 0 aromatic heterocycles. The smallest absolute Gasteiger partial charge is 0.272 e. The average Bonchev–Trinajstić information content (AvgIpc) is 0.722. The van der Waals surface area contributed by atoms with E-state index in [4.69, 9.17) is 0 Å². The predicted molar refractivity (Wildman–Crippen MR) is 21.8 cm³/mol. The SMILES string of the molecule is NP(N)(=O)Cl. The third kappa shape index (κ3) is 137. The maximum atomic E-state index is 9.54. The summed E-state index contributed by atoms with van der Waals surface area (Å²) < 4.78 is 9.54. The van der Waals surface area contributed by atoms with Crippen molar-refractivity contribution >= 4 is 18.0 Å². The largest absolute Gasteiger partial charge is 0.294 e. The molecular formula is H4ClN2OP. The van der Waals surface area contributed by atoms with Gasteiger partial charge in [0.05, 0.1) is 0 Å². The van der Waals surface area contributed by atoms with Gasteiger partial charge in [-0.05, 0) is 11.2 Å². The molecule has 0 atom stereocenters. The number of nitrogens with two attached hydrogens (primary N) is 2. The Hall–Kier alpha value is 0.440. The third-order valence-corrected chi connectivity index (χ3v) is 0. The van der Waals surface area contributed by atoms with Crippen LogP contribution in [-0.4, -0.2) is 0 Å². The van der Waals surface area contributed by atoms with E-state index in [1.165, 1.54) is 0 Å². The lowest BCUT2D eigenvalue weighted by molar-refractivity contribution is 0.586. The van der Waals surface area contributed by atoms with Gasteiger partial charge in [-0.25, -0.2) is 0 Å². The highest BCUT2D eigenvalue weighted by Gasteiger charge is 1.94. The van der Waals surface area contributed by atoms with E-state index in [2.05, 4.69) is 22.2 Å². The summed E-state index contributed by atoms with van der Waals surface area (Å²) in [6, 6.07) is 0. The van der Waals surface area contributed by atoms with Crippen molar-refractivity contribution in [2.45, 2.75) is 0 Å². The van der Waals surface area contributed by atoms with Gasteiger partial charge in [0.1, 0.15) is 0 Å². The van der Waals surface area contributed by atoms with Gasteiger partial charge in [0.25, 0.3) is 6.80 Å². The Labute approximate surface area is 34.6 Å². The highest BCUT2D eigenvalue weighted by Crippen LogP contribution is 2.30. The number of hydrogen-bond acceptors (Lipinski definition) is 1. The first-order valence-electron chi connectivity index (χ1n) is 0.868. The molecule has 0 fully saturated rings. The number of hydrogen-bond donors (Lipinski definition) is 2. The van der Waals surface area contributed by atoms with E-state index in [1.54, 1.807) is 0 Å². The van der Waals surface area contributed by atoms with Crippen LogP contribution in [0.15, 0.2) is 0 Å². The molecule has 5 heavy (non-hydrogen) atoms. The van der Waals surface area contributed by atoms with Crippen LogP contribution in [0.4, 0.5) is 0 Å². The van der Waals surface area contributed by atoms with Gasteiger partial charge in [-0.15, -0.1) is 0 Å². The Morgan fingerprint density at radius 3 is 1.60 bits per heavy atom. The Kier molecular flexibility index (Phi) is 1.38. The van der Waals surface area contributed by atoms with Gasteiger partial charge in [0.15, 0.2) is 0 Å². The zero-order valence-corrected chi connectivity index (χ0v) is 4.04. The van der Waals surface area contributed by atoms with Crippen LogP contribution >= 0.6 is 18.0 Å². The molecule has 0 aliphatic rings. The van der Waals surface area contributed by atoms with E-state index in [1.807, 2.05) is 0 Å². The van der Waals surface area contributed by atoms with E-state index in [9.17, 15) is 4.57 Å². The molecule has 0 aliphatic carbocycles. The molecule has 0 rings (SSSR count).